The van der Waals surface area contributed by atoms with Crippen molar-refractivity contribution in [1.29, 1.82) is 0 Å². The lowest BCUT2D eigenvalue weighted by Gasteiger charge is -2.20. The van der Waals surface area contributed by atoms with Gasteiger partial charge in [-0.15, -0.1) is 5.10 Å². The van der Waals surface area contributed by atoms with Gasteiger partial charge in [-0.2, -0.15) is 0 Å². The second-order valence-corrected chi connectivity index (χ2v) is 3.67. The Hall–Kier alpha value is -0.940. The number of rotatable bonds is 6. The molecule has 0 aliphatic rings. The minimum atomic E-state index is 0.226. The van der Waals surface area contributed by atoms with Gasteiger partial charge in [0, 0.05) is 14.2 Å². The second kappa shape index (κ2) is 5.82. The van der Waals surface area contributed by atoms with Crippen LogP contribution in [0.2, 0.25) is 0 Å². The molecule has 0 saturated heterocycles. The molecule has 0 spiro atoms. The molecule has 1 N–H and O–H groups in total. The van der Waals surface area contributed by atoms with Crippen LogP contribution in [0.3, 0.4) is 0 Å². The molecular weight excluding hydrogens is 192 g/mol. The van der Waals surface area contributed by atoms with Gasteiger partial charge in [0.15, 0.2) is 0 Å². The number of methoxy groups -OCH3 is 1. The normalized spacial score (nSPS) is 15.2. The van der Waals surface area contributed by atoms with Crippen LogP contribution >= 0.6 is 0 Å². The van der Waals surface area contributed by atoms with Gasteiger partial charge in [-0.3, -0.25) is 4.68 Å². The molecule has 0 bridgehead atoms. The molecular formula is C10H20N4O. The fraction of sp³-hybridized carbons (Fsp3) is 0.800. The number of ether oxygens (including phenoxy) is 1. The van der Waals surface area contributed by atoms with E-state index in [1.807, 2.05) is 7.05 Å². The lowest BCUT2D eigenvalue weighted by atomic mass is 10.1. The first-order chi connectivity index (χ1) is 7.19. The zero-order valence-corrected chi connectivity index (χ0v) is 9.90. The van der Waals surface area contributed by atoms with Crippen LogP contribution < -0.4 is 5.32 Å². The van der Waals surface area contributed by atoms with E-state index >= 15 is 0 Å². The van der Waals surface area contributed by atoms with Crippen molar-refractivity contribution in [1.82, 2.24) is 20.3 Å². The van der Waals surface area contributed by atoms with Crippen LogP contribution in [0, 0.1) is 0 Å². The van der Waals surface area contributed by atoms with E-state index in [0.717, 1.165) is 18.7 Å². The molecule has 5 nitrogen and oxygen atoms in total. The summed E-state index contributed by atoms with van der Waals surface area (Å²) in [6.45, 7) is 5.08. The third-order valence-electron chi connectivity index (χ3n) is 2.53. The average Bonchev–Trinajstić information content (AvgIpc) is 2.63. The van der Waals surface area contributed by atoms with Crippen LogP contribution in [0.5, 0.6) is 0 Å². The lowest BCUT2D eigenvalue weighted by Crippen LogP contribution is -2.26. The molecule has 0 radical (unpaired) electrons. The predicted octanol–water partition coefficient (Wildman–Crippen LogP) is 0.891. The Morgan fingerprint density at radius 2 is 2.33 bits per heavy atom. The standard InChI is InChI=1S/C10H20N4O/c1-5-11-9(6-8(2)15-4)10-7-12-13-14(10)3/h7-9,11H,5-6H2,1-4H3. The van der Waals surface area contributed by atoms with Gasteiger partial charge in [-0.05, 0) is 19.9 Å². The molecule has 0 fully saturated rings. The number of hydrogen-bond donors (Lipinski definition) is 1. The molecule has 0 aromatic carbocycles. The summed E-state index contributed by atoms with van der Waals surface area (Å²) < 4.78 is 7.08. The van der Waals surface area contributed by atoms with E-state index in [1.54, 1.807) is 18.0 Å². The molecule has 86 valence electrons. The smallest absolute Gasteiger partial charge is 0.0754 e. The fourth-order valence-electron chi connectivity index (χ4n) is 1.60. The highest BCUT2D eigenvalue weighted by atomic mass is 16.5. The van der Waals surface area contributed by atoms with Gasteiger partial charge in [-0.1, -0.05) is 12.1 Å². The molecule has 0 saturated carbocycles. The Balaban J connectivity index is 2.69. The van der Waals surface area contributed by atoms with Gasteiger partial charge in [0.1, 0.15) is 0 Å². The number of hydrogen-bond acceptors (Lipinski definition) is 4. The maximum absolute atomic E-state index is 5.27. The molecule has 15 heavy (non-hydrogen) atoms. The molecule has 2 atom stereocenters. The minimum absolute atomic E-state index is 0.226. The third-order valence-corrected chi connectivity index (χ3v) is 2.53. The van der Waals surface area contributed by atoms with Crippen molar-refractivity contribution in [2.45, 2.75) is 32.4 Å². The van der Waals surface area contributed by atoms with E-state index in [9.17, 15) is 0 Å². The molecule has 0 aliphatic heterocycles. The molecule has 0 aliphatic carbocycles. The molecule has 1 aromatic rings. The summed E-state index contributed by atoms with van der Waals surface area (Å²) in [6, 6.07) is 0.255. The minimum Gasteiger partial charge on any atom is -0.382 e. The van der Waals surface area contributed by atoms with Crippen molar-refractivity contribution in [2.75, 3.05) is 13.7 Å². The van der Waals surface area contributed by atoms with E-state index in [1.165, 1.54) is 0 Å². The van der Waals surface area contributed by atoms with E-state index < -0.39 is 0 Å². The highest BCUT2D eigenvalue weighted by molar-refractivity contribution is 5.02. The highest BCUT2D eigenvalue weighted by Gasteiger charge is 2.17. The van der Waals surface area contributed by atoms with Crippen molar-refractivity contribution in [3.63, 3.8) is 0 Å². The van der Waals surface area contributed by atoms with E-state index in [-0.39, 0.29) is 12.1 Å². The van der Waals surface area contributed by atoms with Crippen LogP contribution in [0.25, 0.3) is 0 Å². The van der Waals surface area contributed by atoms with Crippen LogP contribution in [0.1, 0.15) is 32.0 Å². The summed E-state index contributed by atoms with van der Waals surface area (Å²) in [7, 11) is 3.64. The second-order valence-electron chi connectivity index (χ2n) is 3.67. The van der Waals surface area contributed by atoms with Gasteiger partial charge < -0.3 is 10.1 Å². The number of nitrogens with one attached hydrogen (secondary N) is 1. The summed E-state index contributed by atoms with van der Waals surface area (Å²) in [5.41, 5.74) is 1.10. The number of aryl methyl sites for hydroxylation is 1. The van der Waals surface area contributed by atoms with Gasteiger partial charge in [0.05, 0.1) is 24.0 Å². The number of nitrogens with zero attached hydrogens (tertiary/aromatic N) is 3. The monoisotopic (exact) mass is 212 g/mol. The predicted molar refractivity (Wildman–Crippen MR) is 58.5 cm³/mol. The van der Waals surface area contributed by atoms with Gasteiger partial charge >= 0.3 is 0 Å². The largest absolute Gasteiger partial charge is 0.382 e. The Morgan fingerprint density at radius 1 is 1.60 bits per heavy atom. The fourth-order valence-corrected chi connectivity index (χ4v) is 1.60. The van der Waals surface area contributed by atoms with Crippen molar-refractivity contribution < 1.29 is 4.74 Å². The topological polar surface area (TPSA) is 52.0 Å². The average molecular weight is 212 g/mol. The molecule has 1 rings (SSSR count). The SMILES string of the molecule is CCNC(CC(C)OC)c1cnnn1C. The van der Waals surface area contributed by atoms with E-state index in [2.05, 4.69) is 29.5 Å². The first-order valence-corrected chi connectivity index (χ1v) is 5.29. The van der Waals surface area contributed by atoms with Crippen LogP contribution in [0.4, 0.5) is 0 Å². The van der Waals surface area contributed by atoms with E-state index in [4.69, 9.17) is 4.74 Å². The van der Waals surface area contributed by atoms with Gasteiger partial charge in [-0.25, -0.2) is 0 Å². The molecule has 0 amide bonds. The number of aromatic nitrogens is 3. The molecule has 5 heteroatoms. The summed E-state index contributed by atoms with van der Waals surface area (Å²) in [4.78, 5) is 0. The summed E-state index contributed by atoms with van der Waals surface area (Å²) in [5, 5.41) is 11.2. The Morgan fingerprint density at radius 3 is 2.80 bits per heavy atom. The zero-order valence-electron chi connectivity index (χ0n) is 9.90. The Labute approximate surface area is 90.8 Å². The Bertz CT molecular complexity index is 287. The summed E-state index contributed by atoms with van der Waals surface area (Å²) in [5.74, 6) is 0. The maximum Gasteiger partial charge on any atom is 0.0754 e. The molecule has 2 unspecified atom stereocenters. The lowest BCUT2D eigenvalue weighted by molar-refractivity contribution is 0.0996. The Kier molecular flexibility index (Phi) is 4.71. The van der Waals surface area contributed by atoms with Crippen molar-refractivity contribution in [2.24, 2.45) is 7.05 Å². The van der Waals surface area contributed by atoms with Crippen LogP contribution in [0.15, 0.2) is 6.20 Å². The third kappa shape index (κ3) is 3.28. The maximum atomic E-state index is 5.27. The molecule has 1 aromatic heterocycles. The highest BCUT2D eigenvalue weighted by Crippen LogP contribution is 2.17. The summed E-state index contributed by atoms with van der Waals surface area (Å²) >= 11 is 0. The van der Waals surface area contributed by atoms with Crippen LogP contribution in [-0.2, 0) is 11.8 Å². The van der Waals surface area contributed by atoms with Gasteiger partial charge in [0.2, 0.25) is 0 Å². The quantitative estimate of drug-likeness (QED) is 0.761. The first-order valence-electron chi connectivity index (χ1n) is 5.29. The first kappa shape index (κ1) is 12.1. The van der Waals surface area contributed by atoms with Crippen molar-refractivity contribution in [3.8, 4) is 0 Å². The van der Waals surface area contributed by atoms with E-state index in [0.29, 0.717) is 0 Å². The van der Waals surface area contributed by atoms with Crippen molar-refractivity contribution in [3.05, 3.63) is 11.9 Å². The zero-order chi connectivity index (χ0) is 11.3. The summed E-state index contributed by atoms with van der Waals surface area (Å²) in [6.07, 6.45) is 2.95. The van der Waals surface area contributed by atoms with Crippen LogP contribution in [-0.4, -0.2) is 34.8 Å². The molecule has 1 heterocycles. The van der Waals surface area contributed by atoms with Crippen molar-refractivity contribution >= 4 is 0 Å². The van der Waals surface area contributed by atoms with Gasteiger partial charge in [0.25, 0.3) is 0 Å².